The molecule has 2 N–H and O–H groups in total. The zero-order valence-corrected chi connectivity index (χ0v) is 11.7. The molecule has 0 heterocycles. The molecule has 0 aromatic rings. The first-order valence-electron chi connectivity index (χ1n) is 5.18. The standard InChI is InChI=1S/C8H20N2O5S2/c1-9(6-4-8-16(11)12)5-3-7-10(2)17(13,14)15/h3-8H2,1-2H3,(H,11,12)(H,13,14,15). The topological polar surface area (TPSA) is 98.2 Å². The van der Waals surface area contributed by atoms with Crippen LogP contribution in [-0.2, 0) is 21.4 Å². The van der Waals surface area contributed by atoms with Crippen LogP contribution in [0.2, 0.25) is 0 Å². The molecule has 104 valence electrons. The first-order valence-corrected chi connectivity index (χ1v) is 7.85. The van der Waals surface area contributed by atoms with Crippen LogP contribution < -0.4 is 0 Å². The fraction of sp³-hybridized carbons (Fsp3) is 1.00. The van der Waals surface area contributed by atoms with Crippen molar-refractivity contribution in [3.05, 3.63) is 0 Å². The van der Waals surface area contributed by atoms with Crippen molar-refractivity contribution < 1.29 is 21.7 Å². The second-order valence-corrected chi connectivity index (χ2v) is 6.41. The van der Waals surface area contributed by atoms with Crippen LogP contribution >= 0.6 is 0 Å². The van der Waals surface area contributed by atoms with E-state index in [0.717, 1.165) is 4.31 Å². The molecule has 0 aromatic heterocycles. The van der Waals surface area contributed by atoms with Gasteiger partial charge in [0.1, 0.15) is 0 Å². The van der Waals surface area contributed by atoms with Crippen molar-refractivity contribution in [3.8, 4) is 0 Å². The smallest absolute Gasteiger partial charge is 0.306 e. The van der Waals surface area contributed by atoms with E-state index in [2.05, 4.69) is 0 Å². The summed E-state index contributed by atoms with van der Waals surface area (Å²) >= 11 is -1.75. The Morgan fingerprint density at radius 1 is 1.12 bits per heavy atom. The highest BCUT2D eigenvalue weighted by Gasteiger charge is 2.12. The van der Waals surface area contributed by atoms with Crippen LogP contribution in [0.5, 0.6) is 0 Å². The average Bonchev–Trinajstić information content (AvgIpc) is 2.15. The number of rotatable bonds is 9. The van der Waals surface area contributed by atoms with Crippen LogP contribution in [0.15, 0.2) is 0 Å². The number of nitrogens with zero attached hydrogens (tertiary/aromatic N) is 2. The van der Waals surface area contributed by atoms with Gasteiger partial charge < -0.3 is 9.45 Å². The maximum atomic E-state index is 10.7. The fourth-order valence-electron chi connectivity index (χ4n) is 1.25. The molecule has 0 radical (unpaired) electrons. The fourth-order valence-corrected chi connectivity index (χ4v) is 1.98. The van der Waals surface area contributed by atoms with Crippen LogP contribution in [0.3, 0.4) is 0 Å². The molecule has 1 atom stereocenters. The maximum absolute atomic E-state index is 10.7. The summed E-state index contributed by atoms with van der Waals surface area (Å²) in [6.07, 6.45) is 1.21. The summed E-state index contributed by atoms with van der Waals surface area (Å²) < 4.78 is 49.8. The summed E-state index contributed by atoms with van der Waals surface area (Å²) in [4.78, 5) is 1.95. The highest BCUT2D eigenvalue weighted by Crippen LogP contribution is 1.97. The van der Waals surface area contributed by atoms with Crippen LogP contribution in [0.25, 0.3) is 0 Å². The normalized spacial score (nSPS) is 14.5. The molecular weight excluding hydrogens is 268 g/mol. The van der Waals surface area contributed by atoms with E-state index in [-0.39, 0.29) is 12.3 Å². The monoisotopic (exact) mass is 288 g/mol. The van der Waals surface area contributed by atoms with Gasteiger partial charge >= 0.3 is 10.3 Å². The van der Waals surface area contributed by atoms with Gasteiger partial charge in [0.15, 0.2) is 11.1 Å². The minimum absolute atomic E-state index is 0.245. The van der Waals surface area contributed by atoms with Crippen molar-refractivity contribution in [1.29, 1.82) is 0 Å². The molecule has 9 heteroatoms. The Morgan fingerprint density at radius 3 is 2.12 bits per heavy atom. The van der Waals surface area contributed by atoms with Gasteiger partial charge in [-0.15, -0.1) is 0 Å². The first kappa shape index (κ1) is 16.9. The van der Waals surface area contributed by atoms with E-state index in [1.54, 1.807) is 0 Å². The Kier molecular flexibility index (Phi) is 8.09. The largest absolute Gasteiger partial charge is 0.335 e. The summed E-state index contributed by atoms with van der Waals surface area (Å²) in [5, 5.41) is 0. The van der Waals surface area contributed by atoms with Gasteiger partial charge in [-0.25, -0.2) is 4.21 Å². The summed E-state index contributed by atoms with van der Waals surface area (Å²) in [5.41, 5.74) is 0. The molecular formula is C8H20N2O5S2. The van der Waals surface area contributed by atoms with E-state index >= 15 is 0 Å². The summed E-state index contributed by atoms with van der Waals surface area (Å²) in [6, 6.07) is 0. The van der Waals surface area contributed by atoms with Crippen LogP contribution in [0, 0.1) is 0 Å². The predicted octanol–water partition coefficient (Wildman–Crippen LogP) is -0.345. The van der Waals surface area contributed by atoms with Crippen molar-refractivity contribution in [2.45, 2.75) is 12.8 Å². The minimum Gasteiger partial charge on any atom is -0.306 e. The molecule has 1 unspecified atom stereocenters. The number of hydrogen-bond donors (Lipinski definition) is 2. The first-order chi connectivity index (χ1) is 7.73. The third-order valence-corrected chi connectivity index (χ3v) is 3.87. The Hall–Kier alpha value is -0.0600. The van der Waals surface area contributed by atoms with Crippen LogP contribution in [0.4, 0.5) is 0 Å². The van der Waals surface area contributed by atoms with Gasteiger partial charge in [0.05, 0.1) is 5.75 Å². The van der Waals surface area contributed by atoms with Gasteiger partial charge in [0, 0.05) is 13.6 Å². The van der Waals surface area contributed by atoms with Crippen molar-refractivity contribution in [1.82, 2.24) is 9.21 Å². The molecule has 0 saturated carbocycles. The van der Waals surface area contributed by atoms with Crippen LogP contribution in [-0.4, -0.2) is 70.4 Å². The molecule has 0 aliphatic carbocycles. The van der Waals surface area contributed by atoms with Gasteiger partial charge in [-0.05, 0) is 33.0 Å². The minimum atomic E-state index is -4.09. The summed E-state index contributed by atoms with van der Waals surface area (Å²) in [5.74, 6) is 0.245. The van der Waals surface area contributed by atoms with E-state index in [0.29, 0.717) is 25.9 Å². The molecule has 0 fully saturated rings. The van der Waals surface area contributed by atoms with E-state index in [4.69, 9.17) is 9.11 Å². The molecule has 0 amide bonds. The zero-order chi connectivity index (χ0) is 13.5. The molecule has 0 saturated heterocycles. The Morgan fingerprint density at radius 2 is 1.65 bits per heavy atom. The Bertz CT molecular complexity index is 333. The number of hydrogen-bond acceptors (Lipinski definition) is 4. The maximum Gasteiger partial charge on any atom is 0.335 e. The molecule has 0 spiro atoms. The second-order valence-electron chi connectivity index (χ2n) is 3.84. The highest BCUT2D eigenvalue weighted by molar-refractivity contribution is 7.83. The van der Waals surface area contributed by atoms with Gasteiger partial charge in [-0.2, -0.15) is 12.7 Å². The predicted molar refractivity (Wildman–Crippen MR) is 66.5 cm³/mol. The summed E-state index contributed by atoms with van der Waals surface area (Å²) in [7, 11) is -0.923. The van der Waals surface area contributed by atoms with E-state index in [9.17, 15) is 12.6 Å². The third kappa shape index (κ3) is 9.62. The Labute approximate surface area is 105 Å². The lowest BCUT2D eigenvalue weighted by molar-refractivity contribution is 0.309. The van der Waals surface area contributed by atoms with Gasteiger partial charge in [-0.3, -0.25) is 4.55 Å². The molecule has 0 aromatic carbocycles. The van der Waals surface area contributed by atoms with Gasteiger partial charge in [0.2, 0.25) is 0 Å². The van der Waals surface area contributed by atoms with E-state index in [1.165, 1.54) is 7.05 Å². The molecule has 17 heavy (non-hydrogen) atoms. The SMILES string of the molecule is CN(CCCN(C)S(=O)(=O)O)CCCS(=O)O. The van der Waals surface area contributed by atoms with Crippen molar-refractivity contribution in [3.63, 3.8) is 0 Å². The molecule has 0 aliphatic rings. The van der Waals surface area contributed by atoms with Gasteiger partial charge in [0.25, 0.3) is 0 Å². The highest BCUT2D eigenvalue weighted by atomic mass is 32.2. The lowest BCUT2D eigenvalue weighted by Crippen LogP contribution is -2.30. The molecule has 0 bridgehead atoms. The average molecular weight is 288 g/mol. The van der Waals surface area contributed by atoms with E-state index < -0.39 is 21.4 Å². The van der Waals surface area contributed by atoms with E-state index in [1.807, 2.05) is 11.9 Å². The van der Waals surface area contributed by atoms with Crippen molar-refractivity contribution in [2.24, 2.45) is 0 Å². The van der Waals surface area contributed by atoms with Crippen LogP contribution in [0.1, 0.15) is 12.8 Å². The van der Waals surface area contributed by atoms with Crippen molar-refractivity contribution in [2.75, 3.05) is 39.5 Å². The molecule has 7 nitrogen and oxygen atoms in total. The molecule has 0 aliphatic heterocycles. The third-order valence-electron chi connectivity index (χ3n) is 2.27. The quantitative estimate of drug-likeness (QED) is 0.445. The lowest BCUT2D eigenvalue weighted by atomic mass is 10.3. The van der Waals surface area contributed by atoms with Gasteiger partial charge in [-0.1, -0.05) is 0 Å². The lowest BCUT2D eigenvalue weighted by Gasteiger charge is -2.18. The summed E-state index contributed by atoms with van der Waals surface area (Å²) in [6.45, 7) is 1.59. The second kappa shape index (κ2) is 8.11. The molecule has 0 rings (SSSR count). The van der Waals surface area contributed by atoms with Crippen molar-refractivity contribution >= 4 is 21.4 Å². The zero-order valence-electron chi connectivity index (χ0n) is 10.1. The Balaban J connectivity index is 3.64.